The van der Waals surface area contributed by atoms with Gasteiger partial charge >= 0.3 is 5.97 Å². The molecule has 6 heteroatoms. The zero-order valence-electron chi connectivity index (χ0n) is 16.3. The molecular formula is C22H25NO5. The Labute approximate surface area is 164 Å². The third kappa shape index (κ3) is 6.30. The Morgan fingerprint density at radius 1 is 1.00 bits per heavy atom. The summed E-state index contributed by atoms with van der Waals surface area (Å²) >= 11 is 0. The highest BCUT2D eigenvalue weighted by Gasteiger charge is 2.38. The molecule has 0 bridgehead atoms. The second kappa shape index (κ2) is 9.26. The van der Waals surface area contributed by atoms with Gasteiger partial charge in [0.1, 0.15) is 5.60 Å². The van der Waals surface area contributed by atoms with Crippen LogP contribution >= 0.6 is 0 Å². The first-order valence-electron chi connectivity index (χ1n) is 9.15. The van der Waals surface area contributed by atoms with Crippen LogP contribution in [-0.4, -0.2) is 28.8 Å². The first kappa shape index (κ1) is 21.3. The molecule has 2 aromatic carbocycles. The molecule has 2 atom stereocenters. The highest BCUT2D eigenvalue weighted by molar-refractivity contribution is 6.34. The molecule has 0 aliphatic rings. The lowest BCUT2D eigenvalue weighted by Crippen LogP contribution is -2.37. The van der Waals surface area contributed by atoms with Crippen molar-refractivity contribution in [3.8, 4) is 0 Å². The van der Waals surface area contributed by atoms with E-state index in [0.717, 1.165) is 5.56 Å². The van der Waals surface area contributed by atoms with Crippen molar-refractivity contribution in [3.05, 3.63) is 81.9 Å². The average molecular weight is 383 g/mol. The number of ketones is 1. The molecule has 0 N–H and O–H groups in total. The number of nitro groups is 1. The zero-order chi connectivity index (χ0) is 20.7. The molecule has 6 nitrogen and oxygen atoms in total. The molecule has 0 amide bonds. The van der Waals surface area contributed by atoms with Crippen molar-refractivity contribution < 1.29 is 19.2 Å². The lowest BCUT2D eigenvalue weighted by molar-refractivity contribution is -0.484. The number of benzene rings is 2. The first-order valence-corrected chi connectivity index (χ1v) is 9.15. The van der Waals surface area contributed by atoms with E-state index in [-0.39, 0.29) is 6.42 Å². The summed E-state index contributed by atoms with van der Waals surface area (Å²) in [4.78, 5) is 36.4. The van der Waals surface area contributed by atoms with Gasteiger partial charge in [0.05, 0.1) is 5.92 Å². The van der Waals surface area contributed by atoms with E-state index in [0.29, 0.717) is 5.56 Å². The minimum Gasteiger partial charge on any atom is -0.454 e. The van der Waals surface area contributed by atoms with Crippen molar-refractivity contribution >= 4 is 11.8 Å². The molecule has 0 unspecified atom stereocenters. The second-order valence-corrected chi connectivity index (χ2v) is 7.69. The van der Waals surface area contributed by atoms with Crippen molar-refractivity contribution in [1.29, 1.82) is 0 Å². The van der Waals surface area contributed by atoms with Gasteiger partial charge in [0.15, 0.2) is 0 Å². The van der Waals surface area contributed by atoms with Gasteiger partial charge in [-0.1, -0.05) is 60.7 Å². The van der Waals surface area contributed by atoms with E-state index < -0.39 is 40.7 Å². The Bertz CT molecular complexity index is 812. The number of nitrogens with zero attached hydrogens (tertiary/aromatic N) is 1. The number of carbonyl (C=O) groups excluding carboxylic acids is 2. The van der Waals surface area contributed by atoms with E-state index in [1.807, 2.05) is 30.3 Å². The van der Waals surface area contributed by atoms with Crippen LogP contribution in [0.3, 0.4) is 0 Å². The maximum Gasteiger partial charge on any atom is 0.375 e. The van der Waals surface area contributed by atoms with Gasteiger partial charge in [-0.2, -0.15) is 0 Å². The first-order chi connectivity index (χ1) is 13.2. The molecule has 0 fully saturated rings. The Kier molecular flexibility index (Phi) is 7.04. The van der Waals surface area contributed by atoms with Gasteiger partial charge in [-0.05, 0) is 38.3 Å². The second-order valence-electron chi connectivity index (χ2n) is 7.69. The topological polar surface area (TPSA) is 86.5 Å². The SMILES string of the molecule is CC(C)(C)OC(=O)C(=O)[C@H](Cc1ccccc1)[C@H](C[N+](=O)[O-])c1ccccc1. The number of hydrogen-bond donors (Lipinski definition) is 0. The van der Waals surface area contributed by atoms with Gasteiger partial charge in [0.2, 0.25) is 12.3 Å². The van der Waals surface area contributed by atoms with Crippen LogP contribution < -0.4 is 0 Å². The van der Waals surface area contributed by atoms with Crippen LogP contribution in [-0.2, 0) is 20.7 Å². The molecule has 2 aromatic rings. The number of rotatable bonds is 8. The van der Waals surface area contributed by atoms with Crippen molar-refractivity contribution in [2.75, 3.05) is 6.54 Å². The normalized spacial score (nSPS) is 13.4. The zero-order valence-corrected chi connectivity index (χ0v) is 16.3. The lowest BCUT2D eigenvalue weighted by Gasteiger charge is -2.25. The van der Waals surface area contributed by atoms with Crippen molar-refractivity contribution in [2.24, 2.45) is 5.92 Å². The fourth-order valence-corrected chi connectivity index (χ4v) is 3.09. The quantitative estimate of drug-likeness (QED) is 0.299. The van der Waals surface area contributed by atoms with Gasteiger partial charge in [0, 0.05) is 10.8 Å². The van der Waals surface area contributed by atoms with Crippen LogP contribution in [0.1, 0.15) is 37.8 Å². The summed E-state index contributed by atoms with van der Waals surface area (Å²) in [6.45, 7) is 4.58. The lowest BCUT2D eigenvalue weighted by atomic mass is 9.79. The predicted molar refractivity (Wildman–Crippen MR) is 106 cm³/mol. The highest BCUT2D eigenvalue weighted by atomic mass is 16.6. The van der Waals surface area contributed by atoms with E-state index in [2.05, 4.69) is 0 Å². The number of hydrogen-bond acceptors (Lipinski definition) is 5. The van der Waals surface area contributed by atoms with Gasteiger partial charge in [0.25, 0.3) is 0 Å². The monoisotopic (exact) mass is 383 g/mol. The Morgan fingerprint density at radius 3 is 2.04 bits per heavy atom. The fourth-order valence-electron chi connectivity index (χ4n) is 3.09. The molecule has 0 radical (unpaired) electrons. The Balaban J connectivity index is 2.43. The maximum absolute atomic E-state index is 13.0. The van der Waals surface area contributed by atoms with Crippen molar-refractivity contribution in [2.45, 2.75) is 38.7 Å². The van der Waals surface area contributed by atoms with Crippen molar-refractivity contribution in [3.63, 3.8) is 0 Å². The Morgan fingerprint density at radius 2 is 1.54 bits per heavy atom. The molecule has 0 aliphatic heterocycles. The third-order valence-corrected chi connectivity index (χ3v) is 4.29. The standard InChI is InChI=1S/C22H25NO5/c1-22(2,3)28-21(25)20(24)18(14-16-10-6-4-7-11-16)19(15-23(26)27)17-12-8-5-9-13-17/h4-13,18-19H,14-15H2,1-3H3/t18-,19-/m1/s1. The van der Waals surface area contributed by atoms with E-state index >= 15 is 0 Å². The summed E-state index contributed by atoms with van der Waals surface area (Å²) < 4.78 is 5.25. The maximum atomic E-state index is 13.0. The average Bonchev–Trinajstić information content (AvgIpc) is 2.64. The van der Waals surface area contributed by atoms with E-state index in [4.69, 9.17) is 4.74 Å². The molecular weight excluding hydrogens is 358 g/mol. The number of Topliss-reactive ketones (excluding diaryl/α,β-unsaturated/α-hetero) is 1. The third-order valence-electron chi connectivity index (χ3n) is 4.29. The van der Waals surface area contributed by atoms with Crippen LogP contribution in [0.15, 0.2) is 60.7 Å². The number of ether oxygens (including phenoxy) is 1. The molecule has 148 valence electrons. The molecule has 0 spiro atoms. The summed E-state index contributed by atoms with van der Waals surface area (Å²) in [5.41, 5.74) is 0.654. The van der Waals surface area contributed by atoms with Gasteiger partial charge in [-0.15, -0.1) is 0 Å². The van der Waals surface area contributed by atoms with Gasteiger partial charge < -0.3 is 4.74 Å². The molecule has 0 aliphatic carbocycles. The molecule has 0 aromatic heterocycles. The fraction of sp³-hybridized carbons (Fsp3) is 0.364. The largest absolute Gasteiger partial charge is 0.454 e. The van der Waals surface area contributed by atoms with Gasteiger partial charge in [-0.25, -0.2) is 4.79 Å². The summed E-state index contributed by atoms with van der Waals surface area (Å²) in [6, 6.07) is 18.0. The summed E-state index contributed by atoms with van der Waals surface area (Å²) in [5, 5.41) is 11.3. The van der Waals surface area contributed by atoms with Crippen molar-refractivity contribution in [1.82, 2.24) is 0 Å². The molecule has 0 heterocycles. The Hall–Kier alpha value is -3.02. The highest BCUT2D eigenvalue weighted by Crippen LogP contribution is 2.30. The molecule has 28 heavy (non-hydrogen) atoms. The van der Waals surface area contributed by atoms with E-state index in [1.165, 1.54) is 0 Å². The molecule has 0 saturated heterocycles. The smallest absolute Gasteiger partial charge is 0.375 e. The molecule has 2 rings (SSSR count). The number of esters is 1. The minimum atomic E-state index is -0.960. The summed E-state index contributed by atoms with van der Waals surface area (Å²) in [6.07, 6.45) is 0.215. The van der Waals surface area contributed by atoms with E-state index in [1.54, 1.807) is 51.1 Å². The number of carbonyl (C=O) groups is 2. The summed E-state index contributed by atoms with van der Waals surface area (Å²) in [5.74, 6) is -3.34. The molecule has 0 saturated carbocycles. The van der Waals surface area contributed by atoms with Crippen LogP contribution in [0.25, 0.3) is 0 Å². The van der Waals surface area contributed by atoms with E-state index in [9.17, 15) is 19.7 Å². The van der Waals surface area contributed by atoms with Gasteiger partial charge in [-0.3, -0.25) is 14.9 Å². The van der Waals surface area contributed by atoms with Crippen LogP contribution in [0.5, 0.6) is 0 Å². The van der Waals surface area contributed by atoms with Crippen LogP contribution in [0.2, 0.25) is 0 Å². The van der Waals surface area contributed by atoms with Crippen LogP contribution in [0.4, 0.5) is 0 Å². The minimum absolute atomic E-state index is 0.215. The summed E-state index contributed by atoms with van der Waals surface area (Å²) in [7, 11) is 0. The van der Waals surface area contributed by atoms with Crippen LogP contribution in [0, 0.1) is 16.0 Å². The predicted octanol–water partition coefficient (Wildman–Crippen LogP) is 3.82.